The van der Waals surface area contributed by atoms with E-state index in [0.717, 1.165) is 57.8 Å². The molecule has 1 fully saturated rings. The first-order valence-electron chi connectivity index (χ1n) is 13.4. The summed E-state index contributed by atoms with van der Waals surface area (Å²) >= 11 is 0. The number of amides is 1. The molecule has 4 heterocycles. The molecule has 0 atom stereocenters. The summed E-state index contributed by atoms with van der Waals surface area (Å²) in [5, 5.41) is 8.37. The van der Waals surface area contributed by atoms with Crippen LogP contribution in [0.15, 0.2) is 102 Å². The summed E-state index contributed by atoms with van der Waals surface area (Å²) in [6.45, 7) is 2.97. The highest BCUT2D eigenvalue weighted by Crippen LogP contribution is 2.35. The zero-order valence-corrected chi connectivity index (χ0v) is 22.1. The van der Waals surface area contributed by atoms with Crippen LogP contribution in [0.1, 0.15) is 10.4 Å². The lowest BCUT2D eigenvalue weighted by molar-refractivity contribution is 0.102. The van der Waals surface area contributed by atoms with Crippen molar-refractivity contribution in [2.45, 2.75) is 0 Å². The number of morpholine rings is 1. The van der Waals surface area contributed by atoms with Crippen molar-refractivity contribution >= 4 is 50.9 Å². The minimum absolute atomic E-state index is 0.216. The van der Waals surface area contributed by atoms with E-state index in [1.54, 1.807) is 12.3 Å². The predicted octanol–water partition coefficient (Wildman–Crippen LogP) is 6.27. The zero-order chi connectivity index (χ0) is 27.6. The Balaban J connectivity index is 1.04. The number of aromatic nitrogens is 3. The molecule has 1 saturated heterocycles. The number of hydrogen-bond acceptors (Lipinski definition) is 8. The molecule has 41 heavy (non-hydrogen) atoms. The van der Waals surface area contributed by atoms with Crippen molar-refractivity contribution in [1.82, 2.24) is 15.0 Å². The number of ether oxygens (including phenoxy) is 1. The van der Waals surface area contributed by atoms with E-state index in [2.05, 4.69) is 42.6 Å². The van der Waals surface area contributed by atoms with Gasteiger partial charge in [-0.3, -0.25) is 4.79 Å². The van der Waals surface area contributed by atoms with E-state index in [0.29, 0.717) is 30.3 Å². The number of pyridine rings is 1. The largest absolute Gasteiger partial charge is 0.455 e. The van der Waals surface area contributed by atoms with Crippen LogP contribution in [0.5, 0.6) is 0 Å². The third-order valence-corrected chi connectivity index (χ3v) is 7.11. The van der Waals surface area contributed by atoms with E-state index >= 15 is 0 Å². The van der Waals surface area contributed by atoms with E-state index in [9.17, 15) is 4.79 Å². The number of nitrogens with one attached hydrogen (secondary N) is 2. The van der Waals surface area contributed by atoms with Crippen molar-refractivity contribution in [3.63, 3.8) is 0 Å². The number of hydrogen-bond donors (Lipinski definition) is 2. The maximum absolute atomic E-state index is 12.8. The fourth-order valence-corrected chi connectivity index (χ4v) is 5.01. The number of furan rings is 1. The smallest absolute Gasteiger partial charge is 0.257 e. The summed E-state index contributed by atoms with van der Waals surface area (Å²) in [5.74, 6) is 1.28. The van der Waals surface area contributed by atoms with Gasteiger partial charge in [0.15, 0.2) is 0 Å². The SMILES string of the molecule is O=C(Nc1ccc(Nc2cc(-c3cccc4c3oc3ccccc34)ncn2)cc1)c1ccc(N2CCOCC2)nc1. The van der Waals surface area contributed by atoms with Gasteiger partial charge in [-0.1, -0.05) is 30.3 Å². The third-order valence-electron chi connectivity index (χ3n) is 7.11. The number of fused-ring (bicyclic) bond motifs is 3. The summed E-state index contributed by atoms with van der Waals surface area (Å²) < 4.78 is 11.6. The molecule has 0 saturated carbocycles. The molecule has 0 unspecified atom stereocenters. The summed E-state index contributed by atoms with van der Waals surface area (Å²) in [4.78, 5) is 28.3. The van der Waals surface area contributed by atoms with E-state index in [-0.39, 0.29) is 5.91 Å². The van der Waals surface area contributed by atoms with Crippen LogP contribution in [0.2, 0.25) is 0 Å². The van der Waals surface area contributed by atoms with Gasteiger partial charge in [-0.2, -0.15) is 0 Å². The minimum Gasteiger partial charge on any atom is -0.455 e. The van der Waals surface area contributed by atoms with Gasteiger partial charge in [0, 0.05) is 53.1 Å². The van der Waals surface area contributed by atoms with Gasteiger partial charge in [0.1, 0.15) is 29.1 Å². The summed E-state index contributed by atoms with van der Waals surface area (Å²) in [6, 6.07) is 27.1. The van der Waals surface area contributed by atoms with Gasteiger partial charge in [-0.25, -0.2) is 15.0 Å². The predicted molar refractivity (Wildman–Crippen MR) is 160 cm³/mol. The molecule has 9 heteroatoms. The van der Waals surface area contributed by atoms with Crippen LogP contribution >= 0.6 is 0 Å². The average molecular weight is 543 g/mol. The number of nitrogens with zero attached hydrogens (tertiary/aromatic N) is 4. The second kappa shape index (κ2) is 10.7. The van der Waals surface area contributed by atoms with Crippen LogP contribution < -0.4 is 15.5 Å². The highest BCUT2D eigenvalue weighted by atomic mass is 16.5. The van der Waals surface area contributed by atoms with E-state index in [1.165, 1.54) is 6.33 Å². The topological polar surface area (TPSA) is 105 Å². The molecule has 0 aliphatic carbocycles. The number of rotatable bonds is 6. The number of carbonyl (C=O) groups is 1. The lowest BCUT2D eigenvalue weighted by Gasteiger charge is -2.27. The highest BCUT2D eigenvalue weighted by molar-refractivity contribution is 6.09. The minimum atomic E-state index is -0.216. The van der Waals surface area contributed by atoms with E-state index in [1.807, 2.05) is 66.7 Å². The molecule has 3 aromatic heterocycles. The lowest BCUT2D eigenvalue weighted by atomic mass is 10.1. The standard InChI is InChI=1S/C32H26N6O3/c39-32(21-8-13-30(33-19-21)38-14-16-40-17-15-38)37-23-11-9-22(10-12-23)36-29-18-27(34-20-35-29)26-6-3-5-25-24-4-1-2-7-28(24)41-31(25)26/h1-13,18-20H,14-17H2,(H,37,39)(H,34,35,36). The van der Waals surface area contributed by atoms with Crippen molar-refractivity contribution in [3.8, 4) is 11.3 Å². The van der Waals surface area contributed by atoms with Crippen LogP contribution in [0.4, 0.5) is 23.0 Å². The highest BCUT2D eigenvalue weighted by Gasteiger charge is 2.15. The van der Waals surface area contributed by atoms with Gasteiger partial charge in [-0.05, 0) is 48.5 Å². The van der Waals surface area contributed by atoms with Gasteiger partial charge in [0.2, 0.25) is 0 Å². The van der Waals surface area contributed by atoms with Gasteiger partial charge >= 0.3 is 0 Å². The molecule has 1 aliphatic heterocycles. The molecule has 202 valence electrons. The quantitative estimate of drug-likeness (QED) is 0.254. The Morgan fingerprint density at radius 3 is 2.44 bits per heavy atom. The molecule has 0 bridgehead atoms. The maximum atomic E-state index is 12.8. The molecule has 3 aromatic carbocycles. The average Bonchev–Trinajstić information content (AvgIpc) is 3.42. The van der Waals surface area contributed by atoms with Gasteiger partial charge in [-0.15, -0.1) is 0 Å². The van der Waals surface area contributed by atoms with Crippen molar-refractivity contribution in [2.24, 2.45) is 0 Å². The van der Waals surface area contributed by atoms with Crippen LogP contribution in [-0.4, -0.2) is 47.2 Å². The van der Waals surface area contributed by atoms with Crippen LogP contribution in [0.25, 0.3) is 33.2 Å². The molecule has 1 amide bonds. The molecular weight excluding hydrogens is 516 g/mol. The fraction of sp³-hybridized carbons (Fsp3) is 0.125. The molecule has 7 rings (SSSR count). The number of para-hydroxylation sites is 2. The second-order valence-electron chi connectivity index (χ2n) is 9.73. The number of carbonyl (C=O) groups excluding carboxylic acids is 1. The Morgan fingerprint density at radius 1 is 0.805 bits per heavy atom. The zero-order valence-electron chi connectivity index (χ0n) is 22.1. The second-order valence-corrected chi connectivity index (χ2v) is 9.73. The Hall–Kier alpha value is -5.28. The monoisotopic (exact) mass is 542 g/mol. The van der Waals surface area contributed by atoms with Crippen LogP contribution in [-0.2, 0) is 4.74 Å². The first-order valence-corrected chi connectivity index (χ1v) is 13.4. The Labute approximate surface area is 235 Å². The van der Waals surface area contributed by atoms with Crippen LogP contribution in [0, 0.1) is 0 Å². The number of anilines is 4. The van der Waals surface area contributed by atoms with Gasteiger partial charge < -0.3 is 24.7 Å². The molecule has 9 nitrogen and oxygen atoms in total. The summed E-state index contributed by atoms with van der Waals surface area (Å²) in [5.41, 5.74) is 5.29. The molecule has 6 aromatic rings. The van der Waals surface area contributed by atoms with Crippen molar-refractivity contribution < 1.29 is 13.9 Å². The molecule has 0 radical (unpaired) electrons. The van der Waals surface area contributed by atoms with E-state index < -0.39 is 0 Å². The molecule has 1 aliphatic rings. The van der Waals surface area contributed by atoms with Crippen LogP contribution in [0.3, 0.4) is 0 Å². The molecule has 0 spiro atoms. The maximum Gasteiger partial charge on any atom is 0.257 e. The Bertz CT molecular complexity index is 1840. The Kier molecular flexibility index (Phi) is 6.46. The van der Waals surface area contributed by atoms with Crippen molar-refractivity contribution in [1.29, 1.82) is 0 Å². The van der Waals surface area contributed by atoms with E-state index in [4.69, 9.17) is 9.15 Å². The Morgan fingerprint density at radius 2 is 1.61 bits per heavy atom. The third kappa shape index (κ3) is 5.06. The number of benzene rings is 3. The molecular formula is C32H26N6O3. The van der Waals surface area contributed by atoms with Gasteiger partial charge in [0.25, 0.3) is 5.91 Å². The van der Waals surface area contributed by atoms with Gasteiger partial charge in [0.05, 0.1) is 24.5 Å². The molecule has 2 N–H and O–H groups in total. The summed E-state index contributed by atoms with van der Waals surface area (Å²) in [6.07, 6.45) is 3.14. The fourth-order valence-electron chi connectivity index (χ4n) is 5.01. The van der Waals surface area contributed by atoms with Crippen molar-refractivity contribution in [3.05, 3.63) is 103 Å². The first kappa shape index (κ1) is 24.7. The van der Waals surface area contributed by atoms with Crippen molar-refractivity contribution in [2.75, 3.05) is 41.8 Å². The lowest BCUT2D eigenvalue weighted by Crippen LogP contribution is -2.36. The normalized spacial score (nSPS) is 13.4. The first-order chi connectivity index (χ1) is 20.2. The summed E-state index contributed by atoms with van der Waals surface area (Å²) in [7, 11) is 0.